The van der Waals surface area contributed by atoms with E-state index in [1.54, 1.807) is 6.07 Å². The average molecular weight is 396 g/mol. The molecule has 10 heteroatoms. The second-order valence-electron chi connectivity index (χ2n) is 5.45. The van der Waals surface area contributed by atoms with Gasteiger partial charge in [-0.3, -0.25) is 9.59 Å². The summed E-state index contributed by atoms with van der Waals surface area (Å²) in [4.78, 5) is 34.7. The maximum absolute atomic E-state index is 12.7. The molecular formula is C18H15F3N2O5. The number of nitrogens with one attached hydrogen (secondary N) is 1. The fourth-order valence-corrected chi connectivity index (χ4v) is 2.09. The Hall–Kier alpha value is -3.56. The lowest BCUT2D eigenvalue weighted by Gasteiger charge is -2.11. The molecule has 0 aliphatic carbocycles. The van der Waals surface area contributed by atoms with E-state index in [2.05, 4.69) is 5.32 Å². The average Bonchev–Trinajstić information content (AvgIpc) is 2.64. The second-order valence-corrected chi connectivity index (χ2v) is 5.45. The van der Waals surface area contributed by atoms with Crippen LogP contribution >= 0.6 is 0 Å². The first kappa shape index (κ1) is 20.7. The van der Waals surface area contributed by atoms with E-state index >= 15 is 0 Å². The Labute approximate surface area is 157 Å². The van der Waals surface area contributed by atoms with Crippen LogP contribution in [-0.2, 0) is 20.5 Å². The topological polar surface area (TPSA) is 108 Å². The summed E-state index contributed by atoms with van der Waals surface area (Å²) in [7, 11) is 0. The molecule has 0 saturated heterocycles. The van der Waals surface area contributed by atoms with Crippen LogP contribution in [0.4, 0.5) is 18.9 Å². The second kappa shape index (κ2) is 8.89. The van der Waals surface area contributed by atoms with Crippen LogP contribution in [0.25, 0.3) is 0 Å². The van der Waals surface area contributed by atoms with Gasteiger partial charge in [0.15, 0.2) is 13.2 Å². The highest BCUT2D eigenvalue weighted by Gasteiger charge is 2.30. The van der Waals surface area contributed by atoms with Gasteiger partial charge in [0.05, 0.1) is 5.56 Å². The number of hydrogen-bond donors (Lipinski definition) is 2. The van der Waals surface area contributed by atoms with Crippen LogP contribution in [0.5, 0.6) is 5.75 Å². The number of nitrogens with two attached hydrogens (primary N) is 1. The summed E-state index contributed by atoms with van der Waals surface area (Å²) in [6.45, 7) is -1.19. The predicted octanol–water partition coefficient (Wildman–Crippen LogP) is 2.36. The number of halogens is 3. The molecular weight excluding hydrogens is 381 g/mol. The molecule has 0 bridgehead atoms. The van der Waals surface area contributed by atoms with E-state index in [4.69, 9.17) is 15.2 Å². The Balaban J connectivity index is 1.96. The van der Waals surface area contributed by atoms with Gasteiger partial charge in [-0.1, -0.05) is 18.2 Å². The van der Waals surface area contributed by atoms with Gasteiger partial charge < -0.3 is 20.5 Å². The number of carbonyl (C=O) groups excluding carboxylic acids is 3. The Kier molecular flexibility index (Phi) is 6.59. The molecule has 0 aliphatic heterocycles. The summed E-state index contributed by atoms with van der Waals surface area (Å²) in [5.41, 5.74) is 3.90. The van der Waals surface area contributed by atoms with Crippen molar-refractivity contribution >= 4 is 23.5 Å². The number of amides is 2. The molecule has 2 rings (SSSR count). The van der Waals surface area contributed by atoms with E-state index < -0.39 is 42.7 Å². The molecule has 0 unspecified atom stereocenters. The van der Waals surface area contributed by atoms with E-state index in [1.807, 2.05) is 0 Å². The van der Waals surface area contributed by atoms with Crippen molar-refractivity contribution in [2.75, 3.05) is 18.5 Å². The maximum Gasteiger partial charge on any atom is 0.416 e. The van der Waals surface area contributed by atoms with Gasteiger partial charge in [-0.2, -0.15) is 13.2 Å². The zero-order chi connectivity index (χ0) is 20.7. The molecule has 0 heterocycles. The van der Waals surface area contributed by atoms with Crippen LogP contribution in [-0.4, -0.2) is 31.0 Å². The van der Waals surface area contributed by atoms with Crippen LogP contribution < -0.4 is 15.8 Å². The molecule has 0 saturated carbocycles. The molecule has 28 heavy (non-hydrogen) atoms. The maximum atomic E-state index is 12.7. The molecule has 7 nitrogen and oxygen atoms in total. The van der Waals surface area contributed by atoms with Crippen LogP contribution in [0.3, 0.4) is 0 Å². The van der Waals surface area contributed by atoms with Crippen molar-refractivity contribution in [3.63, 3.8) is 0 Å². The highest BCUT2D eigenvalue weighted by atomic mass is 19.4. The number of carbonyl (C=O) groups is 3. The van der Waals surface area contributed by atoms with Crippen LogP contribution in [0.1, 0.15) is 15.9 Å². The van der Waals surface area contributed by atoms with Crippen molar-refractivity contribution in [1.82, 2.24) is 0 Å². The van der Waals surface area contributed by atoms with E-state index in [0.29, 0.717) is 0 Å². The first-order chi connectivity index (χ1) is 13.2. The molecule has 3 N–H and O–H groups in total. The molecule has 0 atom stereocenters. The summed E-state index contributed by atoms with van der Waals surface area (Å²) in [5, 5.41) is 2.21. The SMILES string of the molecule is NC(=O)COc1ccccc1C(=O)OCC(=O)Nc1cccc(C(F)(F)F)c1. The number of esters is 1. The Morgan fingerprint density at radius 3 is 2.39 bits per heavy atom. The molecule has 2 amide bonds. The number of para-hydroxylation sites is 1. The number of ether oxygens (including phenoxy) is 2. The largest absolute Gasteiger partial charge is 0.483 e. The Morgan fingerprint density at radius 1 is 1.00 bits per heavy atom. The molecule has 148 valence electrons. The predicted molar refractivity (Wildman–Crippen MR) is 91.5 cm³/mol. The first-order valence-electron chi connectivity index (χ1n) is 7.81. The summed E-state index contributed by atoms with van der Waals surface area (Å²) in [6, 6.07) is 9.83. The lowest BCUT2D eigenvalue weighted by atomic mass is 10.2. The monoisotopic (exact) mass is 396 g/mol. The van der Waals surface area contributed by atoms with E-state index in [1.165, 1.54) is 24.3 Å². The highest BCUT2D eigenvalue weighted by molar-refractivity contribution is 5.96. The van der Waals surface area contributed by atoms with Gasteiger partial charge in [0.2, 0.25) is 0 Å². The lowest BCUT2D eigenvalue weighted by Crippen LogP contribution is -2.23. The highest BCUT2D eigenvalue weighted by Crippen LogP contribution is 2.30. The third-order valence-electron chi connectivity index (χ3n) is 3.28. The zero-order valence-corrected chi connectivity index (χ0v) is 14.3. The van der Waals surface area contributed by atoms with Crippen LogP contribution in [0, 0.1) is 0 Å². The summed E-state index contributed by atoms with van der Waals surface area (Å²) < 4.78 is 47.9. The minimum atomic E-state index is -4.55. The van der Waals surface area contributed by atoms with E-state index in [-0.39, 0.29) is 17.0 Å². The minimum absolute atomic E-state index is 0.0320. The van der Waals surface area contributed by atoms with Crippen molar-refractivity contribution in [2.24, 2.45) is 5.73 Å². The molecule has 0 radical (unpaired) electrons. The van der Waals surface area contributed by atoms with Gasteiger partial charge >= 0.3 is 12.1 Å². The minimum Gasteiger partial charge on any atom is -0.483 e. The number of hydrogen-bond acceptors (Lipinski definition) is 5. The van der Waals surface area contributed by atoms with Gasteiger partial charge in [-0.25, -0.2) is 4.79 Å². The standard InChI is InChI=1S/C18H15F3N2O5/c19-18(20,21)11-4-3-5-12(8-11)23-16(25)10-28-17(26)13-6-1-2-7-14(13)27-9-15(22)24/h1-8H,9-10H2,(H2,22,24)(H,23,25). The van der Waals surface area contributed by atoms with Gasteiger partial charge in [-0.15, -0.1) is 0 Å². The van der Waals surface area contributed by atoms with Gasteiger partial charge in [0, 0.05) is 5.69 Å². The summed E-state index contributed by atoms with van der Waals surface area (Å²) in [6.07, 6.45) is -4.55. The Morgan fingerprint density at radius 2 is 1.71 bits per heavy atom. The van der Waals surface area contributed by atoms with Crippen molar-refractivity contribution in [3.05, 3.63) is 59.7 Å². The fourth-order valence-electron chi connectivity index (χ4n) is 2.09. The Bertz CT molecular complexity index is 884. The normalized spacial score (nSPS) is 10.8. The molecule has 0 spiro atoms. The number of anilines is 1. The van der Waals surface area contributed by atoms with Gasteiger partial charge in [0.1, 0.15) is 11.3 Å². The van der Waals surface area contributed by atoms with E-state index in [9.17, 15) is 27.6 Å². The molecule has 2 aromatic rings. The lowest BCUT2D eigenvalue weighted by molar-refractivity contribution is -0.137. The molecule has 2 aromatic carbocycles. The summed E-state index contributed by atoms with van der Waals surface area (Å²) >= 11 is 0. The molecule has 0 aliphatic rings. The third-order valence-corrected chi connectivity index (χ3v) is 3.28. The first-order valence-corrected chi connectivity index (χ1v) is 7.81. The zero-order valence-electron chi connectivity index (χ0n) is 14.3. The number of alkyl halides is 3. The summed E-state index contributed by atoms with van der Waals surface area (Å²) in [5.74, 6) is -2.46. The fraction of sp³-hybridized carbons (Fsp3) is 0.167. The van der Waals surface area contributed by atoms with Gasteiger partial charge in [0.25, 0.3) is 11.8 Å². The van der Waals surface area contributed by atoms with Crippen LogP contribution in [0.2, 0.25) is 0 Å². The number of primary amides is 1. The number of benzene rings is 2. The van der Waals surface area contributed by atoms with E-state index in [0.717, 1.165) is 18.2 Å². The number of rotatable bonds is 7. The van der Waals surface area contributed by atoms with Gasteiger partial charge in [-0.05, 0) is 30.3 Å². The smallest absolute Gasteiger partial charge is 0.416 e. The van der Waals surface area contributed by atoms with Crippen molar-refractivity contribution < 1.29 is 37.0 Å². The third kappa shape index (κ3) is 6.01. The van der Waals surface area contributed by atoms with Crippen molar-refractivity contribution in [1.29, 1.82) is 0 Å². The molecule has 0 aromatic heterocycles. The van der Waals surface area contributed by atoms with Crippen molar-refractivity contribution in [2.45, 2.75) is 6.18 Å². The molecule has 0 fully saturated rings. The van der Waals surface area contributed by atoms with Crippen molar-refractivity contribution in [3.8, 4) is 5.75 Å². The van der Waals surface area contributed by atoms with Crippen LogP contribution in [0.15, 0.2) is 48.5 Å². The quantitative estimate of drug-likeness (QED) is 0.699.